The van der Waals surface area contributed by atoms with Gasteiger partial charge in [-0.05, 0) is 56.4 Å². The van der Waals surface area contributed by atoms with E-state index < -0.39 is 5.92 Å². The summed E-state index contributed by atoms with van der Waals surface area (Å²) in [5.41, 5.74) is 2.08. The standard InChI is InChI=1S/C29H34F2N6O2/c30-29(31)11-15-36(16-12-29)25(20-17-33-28(34-18-20)39-21-5-3-6-21)19-32-27(38)23-7-4-8-24-22(23)9-10-26(35-24)37-13-1-2-14-37/h4,7-10,17-18,21,25H,1-3,5-6,11-16,19H2,(H,32,38). The molecule has 206 valence electrons. The van der Waals surface area contributed by atoms with E-state index in [4.69, 9.17) is 9.72 Å². The summed E-state index contributed by atoms with van der Waals surface area (Å²) in [6.07, 6.45) is 8.60. The Hall–Kier alpha value is -3.40. The van der Waals surface area contributed by atoms with Gasteiger partial charge in [0.1, 0.15) is 11.9 Å². The van der Waals surface area contributed by atoms with Gasteiger partial charge in [0.2, 0.25) is 0 Å². The first kappa shape index (κ1) is 25.9. The fraction of sp³-hybridized carbons (Fsp3) is 0.517. The number of benzene rings is 1. The summed E-state index contributed by atoms with van der Waals surface area (Å²) in [5, 5.41) is 3.83. The zero-order chi connectivity index (χ0) is 26.8. The van der Waals surface area contributed by atoms with Crippen molar-refractivity contribution in [2.45, 2.75) is 63.0 Å². The second kappa shape index (κ2) is 11.0. The van der Waals surface area contributed by atoms with Crippen LogP contribution in [0.4, 0.5) is 14.6 Å². The molecule has 1 atom stereocenters. The number of piperidine rings is 1. The molecule has 1 saturated carbocycles. The largest absolute Gasteiger partial charge is 0.460 e. The Morgan fingerprint density at radius 1 is 1.03 bits per heavy atom. The SMILES string of the molecule is O=C(NCC(c1cnc(OC2CCC2)nc1)N1CCC(F)(F)CC1)c1cccc2nc(N3CCCC3)ccc12. The number of likely N-dealkylation sites (tertiary alicyclic amines) is 1. The first-order valence-corrected chi connectivity index (χ1v) is 14.0. The van der Waals surface area contributed by atoms with Crippen molar-refractivity contribution in [2.24, 2.45) is 0 Å². The molecule has 6 rings (SSSR count). The van der Waals surface area contributed by atoms with E-state index in [2.05, 4.69) is 20.2 Å². The molecule has 8 nitrogen and oxygen atoms in total. The maximum Gasteiger partial charge on any atom is 0.316 e. The van der Waals surface area contributed by atoms with Crippen LogP contribution in [-0.2, 0) is 0 Å². The van der Waals surface area contributed by atoms with E-state index in [1.807, 2.05) is 29.2 Å². The van der Waals surface area contributed by atoms with Crippen molar-refractivity contribution in [1.82, 2.24) is 25.2 Å². The van der Waals surface area contributed by atoms with E-state index in [0.29, 0.717) is 11.6 Å². The zero-order valence-corrected chi connectivity index (χ0v) is 22.0. The number of rotatable bonds is 8. The lowest BCUT2D eigenvalue weighted by atomic mass is 9.96. The number of nitrogens with zero attached hydrogens (tertiary/aromatic N) is 5. The number of anilines is 1. The number of halogens is 2. The third-order valence-corrected chi connectivity index (χ3v) is 8.18. The Balaban J connectivity index is 1.19. The topological polar surface area (TPSA) is 83.5 Å². The average Bonchev–Trinajstić information content (AvgIpc) is 3.47. The summed E-state index contributed by atoms with van der Waals surface area (Å²) in [7, 11) is 0. The van der Waals surface area contributed by atoms with Crippen LogP contribution in [0.25, 0.3) is 10.9 Å². The molecule has 2 saturated heterocycles. The molecule has 1 aromatic carbocycles. The van der Waals surface area contributed by atoms with Gasteiger partial charge < -0.3 is 15.0 Å². The van der Waals surface area contributed by atoms with Gasteiger partial charge in [-0.1, -0.05) is 6.07 Å². The van der Waals surface area contributed by atoms with E-state index in [-0.39, 0.29) is 50.5 Å². The zero-order valence-electron chi connectivity index (χ0n) is 22.0. The van der Waals surface area contributed by atoms with Crippen LogP contribution in [0.2, 0.25) is 0 Å². The van der Waals surface area contributed by atoms with Crippen molar-refractivity contribution in [2.75, 3.05) is 37.6 Å². The maximum absolute atomic E-state index is 13.9. The van der Waals surface area contributed by atoms with Crippen LogP contribution >= 0.6 is 0 Å². The molecule has 1 aliphatic carbocycles. The Morgan fingerprint density at radius 3 is 2.46 bits per heavy atom. The first-order chi connectivity index (χ1) is 18.9. The molecule has 3 aliphatic rings. The lowest BCUT2D eigenvalue weighted by Gasteiger charge is -2.37. The quantitative estimate of drug-likeness (QED) is 0.445. The number of aromatic nitrogens is 3. The van der Waals surface area contributed by atoms with Gasteiger partial charge in [-0.25, -0.2) is 23.7 Å². The Bertz CT molecular complexity index is 1300. The molecular formula is C29H34F2N6O2. The fourth-order valence-electron chi connectivity index (χ4n) is 5.57. The monoisotopic (exact) mass is 536 g/mol. The van der Waals surface area contributed by atoms with E-state index in [1.165, 1.54) is 12.8 Å². The van der Waals surface area contributed by atoms with Gasteiger partial charge in [0, 0.05) is 74.5 Å². The van der Waals surface area contributed by atoms with Gasteiger partial charge in [0.25, 0.3) is 11.8 Å². The Kier molecular flexibility index (Phi) is 7.29. The highest BCUT2D eigenvalue weighted by Crippen LogP contribution is 2.33. The third kappa shape index (κ3) is 5.80. The van der Waals surface area contributed by atoms with E-state index in [1.54, 1.807) is 18.5 Å². The number of nitrogens with one attached hydrogen (secondary N) is 1. The molecule has 3 fully saturated rings. The molecule has 0 radical (unpaired) electrons. The number of pyridine rings is 1. The van der Waals surface area contributed by atoms with Crippen molar-refractivity contribution < 1.29 is 18.3 Å². The van der Waals surface area contributed by atoms with Crippen LogP contribution in [0.3, 0.4) is 0 Å². The van der Waals surface area contributed by atoms with Gasteiger partial charge in [-0.15, -0.1) is 0 Å². The molecular weight excluding hydrogens is 502 g/mol. The van der Waals surface area contributed by atoms with E-state index >= 15 is 0 Å². The number of hydrogen-bond donors (Lipinski definition) is 1. The lowest BCUT2D eigenvalue weighted by molar-refractivity contribution is -0.0632. The van der Waals surface area contributed by atoms with Crippen LogP contribution in [0.1, 0.15) is 66.9 Å². The predicted molar refractivity (Wildman–Crippen MR) is 144 cm³/mol. The second-order valence-corrected chi connectivity index (χ2v) is 10.8. The molecule has 4 heterocycles. The molecule has 1 amide bonds. The predicted octanol–water partition coefficient (Wildman–Crippen LogP) is 4.76. The third-order valence-electron chi connectivity index (χ3n) is 8.18. The molecule has 10 heteroatoms. The molecule has 0 bridgehead atoms. The molecule has 3 aromatic rings. The van der Waals surface area contributed by atoms with Crippen LogP contribution < -0.4 is 15.0 Å². The number of carbonyl (C=O) groups excluding carboxylic acids is 1. The number of amides is 1. The number of carbonyl (C=O) groups is 1. The number of alkyl halides is 2. The van der Waals surface area contributed by atoms with Gasteiger partial charge in [0.05, 0.1) is 11.6 Å². The second-order valence-electron chi connectivity index (χ2n) is 10.8. The Morgan fingerprint density at radius 2 is 1.77 bits per heavy atom. The minimum absolute atomic E-state index is 0.164. The summed E-state index contributed by atoms with van der Waals surface area (Å²) >= 11 is 0. The summed E-state index contributed by atoms with van der Waals surface area (Å²) in [5.74, 6) is -1.95. The van der Waals surface area contributed by atoms with Gasteiger partial charge >= 0.3 is 6.01 Å². The summed E-state index contributed by atoms with van der Waals surface area (Å²) in [6.45, 7) is 2.70. The average molecular weight is 537 g/mol. The molecule has 0 spiro atoms. The highest BCUT2D eigenvalue weighted by Gasteiger charge is 2.37. The normalized spacial score (nSPS) is 20.5. The van der Waals surface area contributed by atoms with Crippen LogP contribution in [0, 0.1) is 0 Å². The van der Waals surface area contributed by atoms with Crippen LogP contribution in [0.15, 0.2) is 42.7 Å². The molecule has 2 aliphatic heterocycles. The van der Waals surface area contributed by atoms with Crippen LogP contribution in [0.5, 0.6) is 6.01 Å². The highest BCUT2D eigenvalue weighted by molar-refractivity contribution is 6.06. The number of ether oxygens (including phenoxy) is 1. The summed E-state index contributed by atoms with van der Waals surface area (Å²) in [4.78, 5) is 31.2. The number of hydrogen-bond acceptors (Lipinski definition) is 7. The first-order valence-electron chi connectivity index (χ1n) is 14.0. The minimum Gasteiger partial charge on any atom is -0.460 e. The minimum atomic E-state index is -2.66. The summed E-state index contributed by atoms with van der Waals surface area (Å²) < 4.78 is 33.6. The summed E-state index contributed by atoms with van der Waals surface area (Å²) in [6, 6.07) is 9.49. The number of fused-ring (bicyclic) bond motifs is 1. The molecule has 1 unspecified atom stereocenters. The highest BCUT2D eigenvalue weighted by atomic mass is 19.3. The molecule has 2 aromatic heterocycles. The van der Waals surface area contributed by atoms with Gasteiger partial charge in [-0.2, -0.15) is 0 Å². The van der Waals surface area contributed by atoms with Crippen molar-refractivity contribution in [3.05, 3.63) is 53.9 Å². The fourth-order valence-corrected chi connectivity index (χ4v) is 5.57. The van der Waals surface area contributed by atoms with E-state index in [0.717, 1.165) is 54.6 Å². The van der Waals surface area contributed by atoms with Crippen molar-refractivity contribution in [1.29, 1.82) is 0 Å². The van der Waals surface area contributed by atoms with Gasteiger partial charge in [0.15, 0.2) is 0 Å². The molecule has 1 N–H and O–H groups in total. The van der Waals surface area contributed by atoms with Crippen LogP contribution in [-0.4, -0.2) is 70.5 Å². The molecule has 39 heavy (non-hydrogen) atoms. The van der Waals surface area contributed by atoms with Gasteiger partial charge in [-0.3, -0.25) is 9.69 Å². The lowest BCUT2D eigenvalue weighted by Crippen LogP contribution is -2.45. The Labute approximate surface area is 226 Å². The van der Waals surface area contributed by atoms with Crippen molar-refractivity contribution in [3.63, 3.8) is 0 Å². The van der Waals surface area contributed by atoms with E-state index in [9.17, 15) is 13.6 Å². The smallest absolute Gasteiger partial charge is 0.316 e. The van der Waals surface area contributed by atoms with Crippen molar-refractivity contribution >= 4 is 22.6 Å². The van der Waals surface area contributed by atoms with Crippen molar-refractivity contribution in [3.8, 4) is 6.01 Å². The maximum atomic E-state index is 13.9.